The van der Waals surface area contributed by atoms with E-state index in [-0.39, 0.29) is 23.1 Å². The van der Waals surface area contributed by atoms with E-state index in [2.05, 4.69) is 11.4 Å². The molecule has 0 fully saturated rings. The molecule has 4 nitrogen and oxygen atoms in total. The van der Waals surface area contributed by atoms with Crippen LogP contribution in [0.3, 0.4) is 0 Å². The van der Waals surface area contributed by atoms with Crippen molar-refractivity contribution in [1.82, 2.24) is 4.90 Å². The fourth-order valence-corrected chi connectivity index (χ4v) is 4.10. The average molecular weight is 325 g/mol. The molecule has 1 atom stereocenters. The highest BCUT2D eigenvalue weighted by atomic mass is 32.1. The van der Waals surface area contributed by atoms with Crippen LogP contribution in [-0.2, 0) is 6.42 Å². The lowest BCUT2D eigenvalue weighted by atomic mass is 10.0. The quantitative estimate of drug-likeness (QED) is 0.687. The van der Waals surface area contributed by atoms with E-state index >= 15 is 0 Å². The molecular weight excluding hydrogens is 310 g/mol. The summed E-state index contributed by atoms with van der Waals surface area (Å²) < 4.78 is 5.69. The van der Waals surface area contributed by atoms with Crippen molar-refractivity contribution < 1.29 is 9.21 Å². The molecule has 0 aliphatic carbocycles. The molecule has 5 heteroatoms. The zero-order valence-corrected chi connectivity index (χ0v) is 13.4. The van der Waals surface area contributed by atoms with Crippen LogP contribution >= 0.6 is 11.3 Å². The lowest BCUT2D eigenvalue weighted by molar-refractivity contribution is 0.0647. The van der Waals surface area contributed by atoms with Crippen LogP contribution in [0.4, 0.5) is 0 Å². The van der Waals surface area contributed by atoms with Gasteiger partial charge in [-0.25, -0.2) is 0 Å². The van der Waals surface area contributed by atoms with Crippen LogP contribution in [0.5, 0.6) is 0 Å². The van der Waals surface area contributed by atoms with Gasteiger partial charge in [0, 0.05) is 17.5 Å². The van der Waals surface area contributed by atoms with Crippen molar-refractivity contribution in [2.75, 3.05) is 6.54 Å². The first-order chi connectivity index (χ1) is 11.1. The summed E-state index contributed by atoms with van der Waals surface area (Å²) in [5, 5.41) is 2.56. The SMILES string of the molecule is C[C@H]1c2ccsc2CCN1C(=O)c1cc(=O)c2ccccc2o1. The summed E-state index contributed by atoms with van der Waals surface area (Å²) in [5.74, 6) is -0.114. The van der Waals surface area contributed by atoms with Crippen molar-refractivity contribution in [3.63, 3.8) is 0 Å². The molecule has 3 aromatic rings. The van der Waals surface area contributed by atoms with E-state index in [9.17, 15) is 9.59 Å². The third-order valence-electron chi connectivity index (χ3n) is 4.38. The van der Waals surface area contributed by atoms with Gasteiger partial charge in [-0.15, -0.1) is 11.3 Å². The first kappa shape index (κ1) is 14.2. The van der Waals surface area contributed by atoms with E-state index in [0.717, 1.165) is 6.42 Å². The molecule has 3 heterocycles. The first-order valence-electron chi connectivity index (χ1n) is 7.55. The largest absolute Gasteiger partial charge is 0.451 e. The van der Waals surface area contributed by atoms with Crippen molar-refractivity contribution in [1.29, 1.82) is 0 Å². The second kappa shape index (κ2) is 5.35. The minimum atomic E-state index is -0.225. The number of rotatable bonds is 1. The Morgan fingerprint density at radius 3 is 3.00 bits per heavy atom. The number of carbonyl (C=O) groups is 1. The standard InChI is InChI=1S/C18H15NO3S/c1-11-12-7-9-23-17(12)6-8-19(11)18(21)16-10-14(20)13-4-2-3-5-15(13)22-16/h2-5,7,9-11H,6,8H2,1H3/t11-/m0/s1. The molecule has 23 heavy (non-hydrogen) atoms. The number of benzene rings is 1. The molecule has 0 bridgehead atoms. The molecule has 0 radical (unpaired) electrons. The van der Waals surface area contributed by atoms with Gasteiger partial charge in [0.25, 0.3) is 5.91 Å². The van der Waals surface area contributed by atoms with Crippen LogP contribution in [0, 0.1) is 0 Å². The number of carbonyl (C=O) groups excluding carboxylic acids is 1. The number of hydrogen-bond donors (Lipinski definition) is 0. The Morgan fingerprint density at radius 1 is 1.30 bits per heavy atom. The fourth-order valence-electron chi connectivity index (χ4n) is 3.14. The number of nitrogens with zero attached hydrogens (tertiary/aromatic N) is 1. The van der Waals surface area contributed by atoms with E-state index in [0.29, 0.717) is 17.5 Å². The molecule has 4 rings (SSSR count). The van der Waals surface area contributed by atoms with Gasteiger partial charge in [0.2, 0.25) is 0 Å². The summed E-state index contributed by atoms with van der Waals surface area (Å²) in [7, 11) is 0. The lowest BCUT2D eigenvalue weighted by Gasteiger charge is -2.33. The number of thiophene rings is 1. The van der Waals surface area contributed by atoms with Gasteiger partial charge in [-0.05, 0) is 42.5 Å². The van der Waals surface area contributed by atoms with Gasteiger partial charge in [0.15, 0.2) is 11.2 Å². The highest BCUT2D eigenvalue weighted by Crippen LogP contribution is 2.33. The predicted octanol–water partition coefficient (Wildman–Crippen LogP) is 3.61. The van der Waals surface area contributed by atoms with E-state index < -0.39 is 0 Å². The lowest BCUT2D eigenvalue weighted by Crippen LogP contribution is -2.38. The van der Waals surface area contributed by atoms with Gasteiger partial charge in [0.1, 0.15) is 5.58 Å². The third-order valence-corrected chi connectivity index (χ3v) is 5.38. The van der Waals surface area contributed by atoms with Gasteiger partial charge in [-0.1, -0.05) is 12.1 Å². The van der Waals surface area contributed by atoms with Crippen LogP contribution in [0.1, 0.15) is 34.0 Å². The predicted molar refractivity (Wildman–Crippen MR) is 90.0 cm³/mol. The average Bonchev–Trinajstić information content (AvgIpc) is 3.04. The molecule has 116 valence electrons. The van der Waals surface area contributed by atoms with E-state index in [1.54, 1.807) is 40.5 Å². The summed E-state index contributed by atoms with van der Waals surface area (Å²) >= 11 is 1.73. The molecule has 0 unspecified atom stereocenters. The topological polar surface area (TPSA) is 50.5 Å². The molecule has 1 aliphatic rings. The van der Waals surface area contributed by atoms with Crippen molar-refractivity contribution in [2.24, 2.45) is 0 Å². The monoisotopic (exact) mass is 325 g/mol. The third kappa shape index (κ3) is 2.28. The Hall–Kier alpha value is -2.40. The molecule has 0 spiro atoms. The van der Waals surface area contributed by atoms with Crippen LogP contribution < -0.4 is 5.43 Å². The van der Waals surface area contributed by atoms with Crippen molar-refractivity contribution >= 4 is 28.2 Å². The van der Waals surface area contributed by atoms with Gasteiger partial charge in [-0.2, -0.15) is 0 Å². The van der Waals surface area contributed by atoms with E-state index in [1.807, 2.05) is 6.92 Å². The Morgan fingerprint density at radius 2 is 2.13 bits per heavy atom. The zero-order valence-electron chi connectivity index (χ0n) is 12.6. The van der Waals surface area contributed by atoms with Crippen LogP contribution in [-0.4, -0.2) is 17.4 Å². The first-order valence-corrected chi connectivity index (χ1v) is 8.43. The Kier molecular flexibility index (Phi) is 3.31. The Labute approximate surface area is 137 Å². The summed E-state index contributed by atoms with van der Waals surface area (Å²) in [6.45, 7) is 2.66. The maximum atomic E-state index is 12.8. The molecule has 1 amide bonds. The molecular formula is C18H15NO3S. The van der Waals surface area contributed by atoms with Gasteiger partial charge >= 0.3 is 0 Å². The second-order valence-corrected chi connectivity index (χ2v) is 6.70. The van der Waals surface area contributed by atoms with E-state index in [4.69, 9.17) is 4.42 Å². The number of hydrogen-bond acceptors (Lipinski definition) is 4. The summed E-state index contributed by atoms with van der Waals surface area (Å²) in [4.78, 5) is 28.1. The maximum absolute atomic E-state index is 12.8. The zero-order chi connectivity index (χ0) is 16.0. The molecule has 0 saturated heterocycles. The highest BCUT2D eigenvalue weighted by molar-refractivity contribution is 7.10. The van der Waals surface area contributed by atoms with Crippen molar-refractivity contribution in [3.05, 3.63) is 68.2 Å². The molecule has 1 aromatic carbocycles. The number of fused-ring (bicyclic) bond motifs is 2. The summed E-state index contributed by atoms with van der Waals surface area (Å²) in [6, 6.07) is 10.4. The second-order valence-electron chi connectivity index (χ2n) is 5.69. The molecule has 1 aliphatic heterocycles. The summed E-state index contributed by atoms with van der Waals surface area (Å²) in [5.41, 5.74) is 1.46. The minimum absolute atomic E-state index is 0.00530. The van der Waals surface area contributed by atoms with E-state index in [1.165, 1.54) is 16.5 Å². The molecule has 0 N–H and O–H groups in total. The van der Waals surface area contributed by atoms with Crippen molar-refractivity contribution in [2.45, 2.75) is 19.4 Å². The van der Waals surface area contributed by atoms with Gasteiger partial charge < -0.3 is 9.32 Å². The maximum Gasteiger partial charge on any atom is 0.290 e. The number of amides is 1. The van der Waals surface area contributed by atoms with Crippen LogP contribution in [0.2, 0.25) is 0 Å². The van der Waals surface area contributed by atoms with Crippen molar-refractivity contribution in [3.8, 4) is 0 Å². The highest BCUT2D eigenvalue weighted by Gasteiger charge is 2.30. The Balaban J connectivity index is 1.74. The summed E-state index contributed by atoms with van der Waals surface area (Å²) in [6.07, 6.45) is 0.848. The Bertz CT molecular complexity index is 956. The van der Waals surface area contributed by atoms with Crippen LogP contribution in [0.15, 0.2) is 51.0 Å². The minimum Gasteiger partial charge on any atom is -0.451 e. The van der Waals surface area contributed by atoms with Gasteiger partial charge in [0.05, 0.1) is 11.4 Å². The normalized spacial score (nSPS) is 17.3. The van der Waals surface area contributed by atoms with Gasteiger partial charge in [-0.3, -0.25) is 9.59 Å². The number of para-hydroxylation sites is 1. The smallest absolute Gasteiger partial charge is 0.290 e. The molecule has 2 aromatic heterocycles. The fraction of sp³-hybridized carbons (Fsp3) is 0.222. The van der Waals surface area contributed by atoms with Crippen LogP contribution in [0.25, 0.3) is 11.0 Å². The molecule has 0 saturated carbocycles.